The van der Waals surface area contributed by atoms with Crippen molar-refractivity contribution in [2.24, 2.45) is 0 Å². The lowest BCUT2D eigenvalue weighted by atomic mass is 9.99. The Morgan fingerprint density at radius 2 is 1.15 bits per heavy atom. The molecule has 39 heavy (non-hydrogen) atoms. The van der Waals surface area contributed by atoms with Gasteiger partial charge in [0.05, 0.1) is 21.4 Å². The van der Waals surface area contributed by atoms with E-state index in [0.717, 1.165) is 49.6 Å². The molecule has 0 bridgehead atoms. The van der Waals surface area contributed by atoms with Gasteiger partial charge in [-0.3, -0.25) is 0 Å². The third-order valence-electron chi connectivity index (χ3n) is 7.28. The summed E-state index contributed by atoms with van der Waals surface area (Å²) in [5.41, 5.74) is 6.15. The molecule has 0 amide bonds. The largest absolute Gasteiger partial charge is 0.236 e. The van der Waals surface area contributed by atoms with Gasteiger partial charge in [0.1, 0.15) is 5.01 Å². The second-order valence-corrected chi connectivity index (χ2v) is 10.7. The quantitative estimate of drug-likeness (QED) is 0.220. The van der Waals surface area contributed by atoms with Gasteiger partial charge in [0, 0.05) is 27.5 Å². The van der Waals surface area contributed by atoms with Crippen molar-refractivity contribution in [2.45, 2.75) is 0 Å². The van der Waals surface area contributed by atoms with Crippen LogP contribution in [0.5, 0.6) is 0 Å². The Balaban J connectivity index is 1.38. The maximum absolute atomic E-state index is 5.11. The SMILES string of the molecule is c1ccc(-c2nc3ccc4ccc5ccc(-c6nc(-c7ccccc7)c7ccccc7n6)cc5c4c3s2)cc1. The zero-order chi connectivity index (χ0) is 25.8. The van der Waals surface area contributed by atoms with E-state index >= 15 is 0 Å². The summed E-state index contributed by atoms with van der Waals surface area (Å²) >= 11 is 1.76. The van der Waals surface area contributed by atoms with Gasteiger partial charge in [-0.05, 0) is 34.4 Å². The van der Waals surface area contributed by atoms with Gasteiger partial charge in [-0.1, -0.05) is 109 Å². The Morgan fingerprint density at radius 3 is 2.00 bits per heavy atom. The Morgan fingerprint density at radius 1 is 0.462 bits per heavy atom. The second-order valence-electron chi connectivity index (χ2n) is 9.68. The fourth-order valence-electron chi connectivity index (χ4n) is 5.39. The molecule has 0 aliphatic carbocycles. The predicted octanol–water partition coefficient (Wildman–Crippen LogP) is 9.55. The minimum absolute atomic E-state index is 0.730. The van der Waals surface area contributed by atoms with Gasteiger partial charge >= 0.3 is 0 Å². The highest BCUT2D eigenvalue weighted by atomic mass is 32.1. The molecule has 0 unspecified atom stereocenters. The number of para-hydroxylation sites is 1. The van der Waals surface area contributed by atoms with Gasteiger partial charge in [0.15, 0.2) is 5.82 Å². The van der Waals surface area contributed by atoms with Crippen LogP contribution in [0.1, 0.15) is 0 Å². The minimum Gasteiger partial charge on any atom is -0.236 e. The number of rotatable bonds is 3. The minimum atomic E-state index is 0.730. The molecule has 6 aromatic carbocycles. The molecule has 182 valence electrons. The van der Waals surface area contributed by atoms with Crippen molar-refractivity contribution >= 4 is 54.0 Å². The van der Waals surface area contributed by atoms with Crippen LogP contribution in [0.3, 0.4) is 0 Å². The molecule has 0 N–H and O–H groups in total. The van der Waals surface area contributed by atoms with Gasteiger partial charge < -0.3 is 0 Å². The number of aromatic nitrogens is 3. The summed E-state index contributed by atoms with van der Waals surface area (Å²) in [6, 6.07) is 44.3. The molecule has 8 rings (SSSR count). The van der Waals surface area contributed by atoms with Crippen LogP contribution in [-0.2, 0) is 0 Å². The van der Waals surface area contributed by atoms with Crippen LogP contribution in [0.15, 0.2) is 127 Å². The van der Waals surface area contributed by atoms with Gasteiger partial charge in [0.25, 0.3) is 0 Å². The summed E-state index contributed by atoms with van der Waals surface area (Å²) in [4.78, 5) is 15.1. The zero-order valence-electron chi connectivity index (χ0n) is 20.9. The van der Waals surface area contributed by atoms with Crippen LogP contribution in [0.25, 0.3) is 75.9 Å². The van der Waals surface area contributed by atoms with Crippen LogP contribution < -0.4 is 0 Å². The van der Waals surface area contributed by atoms with Crippen molar-refractivity contribution in [1.29, 1.82) is 0 Å². The molecular weight excluding hydrogens is 494 g/mol. The maximum atomic E-state index is 5.11. The summed E-state index contributed by atoms with van der Waals surface area (Å²) in [5.74, 6) is 0.730. The molecule has 0 atom stereocenters. The number of thiazole rings is 1. The first-order valence-corrected chi connectivity index (χ1v) is 13.8. The summed E-state index contributed by atoms with van der Waals surface area (Å²) in [5, 5.41) is 6.92. The van der Waals surface area contributed by atoms with E-state index in [1.165, 1.54) is 26.2 Å². The molecule has 2 aromatic heterocycles. The first-order chi connectivity index (χ1) is 19.3. The molecule has 8 aromatic rings. The zero-order valence-corrected chi connectivity index (χ0v) is 21.7. The Kier molecular flexibility index (Phi) is 5.00. The standard InChI is InChI=1S/C35H21N3S/c1-3-9-24(10-4-1)32-27-13-7-8-14-29(27)36-34(38-32)26-18-16-22-15-17-23-19-20-30-33(31(23)28(22)21-26)39-35(37-30)25-11-5-2-6-12-25/h1-21H. The van der Waals surface area contributed by atoms with E-state index in [9.17, 15) is 0 Å². The molecular formula is C35H21N3S. The first-order valence-electron chi connectivity index (χ1n) is 13.0. The van der Waals surface area contributed by atoms with E-state index in [4.69, 9.17) is 15.0 Å². The van der Waals surface area contributed by atoms with Gasteiger partial charge in [-0.2, -0.15) is 0 Å². The normalized spacial score (nSPS) is 11.6. The topological polar surface area (TPSA) is 38.7 Å². The van der Waals surface area contributed by atoms with Crippen LogP contribution in [-0.4, -0.2) is 15.0 Å². The van der Waals surface area contributed by atoms with E-state index in [0.29, 0.717) is 0 Å². The Labute approximate surface area is 229 Å². The molecule has 2 heterocycles. The first kappa shape index (κ1) is 22.1. The van der Waals surface area contributed by atoms with Crippen molar-refractivity contribution in [3.8, 4) is 33.2 Å². The average Bonchev–Trinajstić information content (AvgIpc) is 3.46. The highest BCUT2D eigenvalue weighted by Crippen LogP contribution is 2.39. The summed E-state index contributed by atoms with van der Waals surface area (Å²) < 4.78 is 1.21. The summed E-state index contributed by atoms with van der Waals surface area (Å²) in [7, 11) is 0. The molecule has 0 aliphatic heterocycles. The summed E-state index contributed by atoms with van der Waals surface area (Å²) in [6.45, 7) is 0. The van der Waals surface area contributed by atoms with Crippen molar-refractivity contribution < 1.29 is 0 Å². The van der Waals surface area contributed by atoms with E-state index in [2.05, 4.69) is 103 Å². The number of benzene rings is 6. The monoisotopic (exact) mass is 515 g/mol. The Bertz CT molecular complexity index is 2170. The van der Waals surface area contributed by atoms with Crippen LogP contribution in [0.4, 0.5) is 0 Å². The molecule has 4 heteroatoms. The number of hydrogen-bond donors (Lipinski definition) is 0. The van der Waals surface area contributed by atoms with Crippen molar-refractivity contribution in [1.82, 2.24) is 15.0 Å². The van der Waals surface area contributed by atoms with Crippen molar-refractivity contribution in [2.75, 3.05) is 0 Å². The fraction of sp³-hybridized carbons (Fsp3) is 0. The van der Waals surface area contributed by atoms with E-state index in [-0.39, 0.29) is 0 Å². The molecule has 0 radical (unpaired) electrons. The molecule has 0 saturated heterocycles. The number of nitrogens with zero attached hydrogens (tertiary/aromatic N) is 3. The lowest BCUT2D eigenvalue weighted by Crippen LogP contribution is -1.95. The molecule has 0 aliphatic rings. The average molecular weight is 516 g/mol. The molecule has 0 fully saturated rings. The third kappa shape index (κ3) is 3.69. The van der Waals surface area contributed by atoms with E-state index in [1.54, 1.807) is 11.3 Å². The van der Waals surface area contributed by atoms with Gasteiger partial charge in [-0.25, -0.2) is 15.0 Å². The summed E-state index contributed by atoms with van der Waals surface area (Å²) in [6.07, 6.45) is 0. The molecule has 3 nitrogen and oxygen atoms in total. The fourth-order valence-corrected chi connectivity index (χ4v) is 6.53. The number of hydrogen-bond acceptors (Lipinski definition) is 4. The number of fused-ring (bicyclic) bond motifs is 6. The molecule has 0 saturated carbocycles. The highest BCUT2D eigenvalue weighted by Gasteiger charge is 2.15. The van der Waals surface area contributed by atoms with E-state index in [1.807, 2.05) is 24.3 Å². The van der Waals surface area contributed by atoms with Gasteiger partial charge in [0.2, 0.25) is 0 Å². The van der Waals surface area contributed by atoms with Crippen LogP contribution in [0, 0.1) is 0 Å². The lowest BCUT2D eigenvalue weighted by molar-refractivity contribution is 1.23. The molecule has 0 spiro atoms. The van der Waals surface area contributed by atoms with Crippen molar-refractivity contribution in [3.63, 3.8) is 0 Å². The smallest absolute Gasteiger partial charge is 0.160 e. The highest BCUT2D eigenvalue weighted by molar-refractivity contribution is 7.22. The van der Waals surface area contributed by atoms with E-state index < -0.39 is 0 Å². The Hall–Kier alpha value is -4.93. The maximum Gasteiger partial charge on any atom is 0.160 e. The van der Waals surface area contributed by atoms with Crippen molar-refractivity contribution in [3.05, 3.63) is 127 Å². The lowest BCUT2D eigenvalue weighted by Gasteiger charge is -2.11. The van der Waals surface area contributed by atoms with Crippen LogP contribution >= 0.6 is 11.3 Å². The third-order valence-corrected chi connectivity index (χ3v) is 8.42. The van der Waals surface area contributed by atoms with Gasteiger partial charge in [-0.15, -0.1) is 11.3 Å². The second kappa shape index (κ2) is 8.83. The van der Waals surface area contributed by atoms with Crippen LogP contribution in [0.2, 0.25) is 0 Å². The predicted molar refractivity (Wildman–Crippen MR) is 164 cm³/mol.